The molecule has 0 aliphatic carbocycles. The number of hydrogen-bond donors (Lipinski definition) is 2. The molecule has 0 amide bonds. The van der Waals surface area contributed by atoms with Crippen LogP contribution in [0.15, 0.2) is 31.0 Å². The van der Waals surface area contributed by atoms with Gasteiger partial charge in [-0.1, -0.05) is 0 Å². The normalized spacial score (nSPS) is 10.9. The molecule has 6 heteroatoms. The minimum atomic E-state index is 0.871. The minimum absolute atomic E-state index is 0.871. The number of likely N-dealkylation sites (N-methyl/N-ethyl adjacent to an activating group) is 1. The molecule has 3 heterocycles. The number of nitrogens with one attached hydrogen (secondary N) is 2. The maximum atomic E-state index is 4.35. The van der Waals surface area contributed by atoms with Gasteiger partial charge in [0, 0.05) is 26.0 Å². The number of aromatic nitrogens is 5. The highest BCUT2D eigenvalue weighted by Crippen LogP contribution is 2.20. The Morgan fingerprint density at radius 1 is 1.33 bits per heavy atom. The van der Waals surface area contributed by atoms with Crippen molar-refractivity contribution in [2.45, 2.75) is 6.42 Å². The molecular formula is C12H14N6. The van der Waals surface area contributed by atoms with E-state index >= 15 is 0 Å². The lowest BCUT2D eigenvalue weighted by molar-refractivity contribution is 0.862. The van der Waals surface area contributed by atoms with Crippen molar-refractivity contribution in [1.29, 1.82) is 0 Å². The molecule has 0 bridgehead atoms. The fourth-order valence-corrected chi connectivity index (χ4v) is 1.98. The molecule has 6 nitrogen and oxygen atoms in total. The molecule has 0 unspecified atom stereocenters. The second-order valence-electron chi connectivity index (χ2n) is 4.22. The van der Waals surface area contributed by atoms with E-state index in [2.05, 4.69) is 30.0 Å². The van der Waals surface area contributed by atoms with Crippen LogP contribution in [0.25, 0.3) is 11.0 Å². The van der Waals surface area contributed by atoms with E-state index in [9.17, 15) is 0 Å². The van der Waals surface area contributed by atoms with Crippen molar-refractivity contribution >= 4 is 16.9 Å². The van der Waals surface area contributed by atoms with Crippen molar-refractivity contribution in [3.63, 3.8) is 0 Å². The number of H-pyrrole nitrogens is 2. The quantitative estimate of drug-likeness (QED) is 0.724. The average Bonchev–Trinajstić information content (AvgIpc) is 3.05. The maximum Gasteiger partial charge on any atom is 0.142 e. The highest BCUT2D eigenvalue weighted by atomic mass is 15.2. The number of fused-ring (bicyclic) bond motifs is 1. The standard InChI is InChI=1S/C12H14N6/c1-18(5-3-9-6-16-17-7-9)12-10-2-4-13-11(10)14-8-15-12/h2,4,6-8H,3,5H2,1H3,(H,16,17)(H,13,14,15). The minimum Gasteiger partial charge on any atom is -0.359 e. The van der Waals surface area contributed by atoms with Gasteiger partial charge in [-0.2, -0.15) is 5.10 Å². The van der Waals surface area contributed by atoms with E-state index in [1.165, 1.54) is 5.56 Å². The van der Waals surface area contributed by atoms with Gasteiger partial charge in [-0.15, -0.1) is 0 Å². The third-order valence-corrected chi connectivity index (χ3v) is 2.99. The molecule has 0 fully saturated rings. The largest absolute Gasteiger partial charge is 0.359 e. The van der Waals surface area contributed by atoms with E-state index < -0.39 is 0 Å². The van der Waals surface area contributed by atoms with Crippen LogP contribution in [0.5, 0.6) is 0 Å². The summed E-state index contributed by atoms with van der Waals surface area (Å²) in [5.41, 5.74) is 2.07. The van der Waals surface area contributed by atoms with Crippen molar-refractivity contribution in [3.05, 3.63) is 36.5 Å². The van der Waals surface area contributed by atoms with Crippen LogP contribution in [0.1, 0.15) is 5.56 Å². The van der Waals surface area contributed by atoms with E-state index in [1.54, 1.807) is 6.33 Å². The van der Waals surface area contributed by atoms with Crippen LogP contribution in [-0.2, 0) is 6.42 Å². The molecule has 0 aliphatic rings. The molecule has 0 atom stereocenters. The molecular weight excluding hydrogens is 228 g/mol. The number of hydrogen-bond acceptors (Lipinski definition) is 4. The van der Waals surface area contributed by atoms with Gasteiger partial charge in [-0.05, 0) is 18.1 Å². The zero-order valence-corrected chi connectivity index (χ0v) is 10.1. The van der Waals surface area contributed by atoms with Crippen molar-refractivity contribution in [2.24, 2.45) is 0 Å². The molecule has 0 aromatic carbocycles. The summed E-state index contributed by atoms with van der Waals surface area (Å²) >= 11 is 0. The van der Waals surface area contributed by atoms with Crippen LogP contribution >= 0.6 is 0 Å². The lowest BCUT2D eigenvalue weighted by Crippen LogP contribution is -2.21. The molecule has 3 aromatic heterocycles. The molecule has 0 aliphatic heterocycles. The Hall–Kier alpha value is -2.37. The van der Waals surface area contributed by atoms with Crippen LogP contribution in [-0.4, -0.2) is 38.7 Å². The van der Waals surface area contributed by atoms with E-state index in [0.29, 0.717) is 0 Å². The third kappa shape index (κ3) is 1.92. The van der Waals surface area contributed by atoms with Crippen molar-refractivity contribution < 1.29 is 0 Å². The predicted octanol–water partition coefficient (Wildman–Crippen LogP) is 1.36. The number of rotatable bonds is 4. The Kier molecular flexibility index (Phi) is 2.68. The Morgan fingerprint density at radius 3 is 3.11 bits per heavy atom. The van der Waals surface area contributed by atoms with Crippen LogP contribution in [0.4, 0.5) is 5.82 Å². The van der Waals surface area contributed by atoms with Gasteiger partial charge < -0.3 is 9.88 Å². The summed E-state index contributed by atoms with van der Waals surface area (Å²) in [4.78, 5) is 13.8. The lowest BCUT2D eigenvalue weighted by Gasteiger charge is -2.18. The zero-order valence-electron chi connectivity index (χ0n) is 10.1. The monoisotopic (exact) mass is 242 g/mol. The predicted molar refractivity (Wildman–Crippen MR) is 69.5 cm³/mol. The first-order valence-electron chi connectivity index (χ1n) is 5.81. The first kappa shape index (κ1) is 10.8. The summed E-state index contributed by atoms with van der Waals surface area (Å²) < 4.78 is 0. The van der Waals surface area contributed by atoms with Gasteiger partial charge >= 0.3 is 0 Å². The Balaban J connectivity index is 1.79. The molecule has 3 rings (SSSR count). The van der Waals surface area contributed by atoms with Crippen LogP contribution in [0.3, 0.4) is 0 Å². The molecule has 18 heavy (non-hydrogen) atoms. The molecule has 0 saturated carbocycles. The fourth-order valence-electron chi connectivity index (χ4n) is 1.98. The molecule has 0 radical (unpaired) electrons. The van der Waals surface area contributed by atoms with Crippen molar-refractivity contribution in [3.8, 4) is 0 Å². The topological polar surface area (TPSA) is 73.5 Å². The summed E-state index contributed by atoms with van der Waals surface area (Å²) in [7, 11) is 2.04. The number of nitrogens with zero attached hydrogens (tertiary/aromatic N) is 4. The summed E-state index contributed by atoms with van der Waals surface area (Å²) in [5, 5.41) is 7.81. The van der Waals surface area contributed by atoms with Crippen LogP contribution < -0.4 is 4.90 Å². The number of aromatic amines is 2. The summed E-state index contributed by atoms with van der Waals surface area (Å²) in [6, 6.07) is 2.00. The molecule has 2 N–H and O–H groups in total. The molecule has 3 aromatic rings. The highest BCUT2D eigenvalue weighted by molar-refractivity contribution is 5.87. The summed E-state index contributed by atoms with van der Waals surface area (Å²) in [6.45, 7) is 0.886. The zero-order chi connectivity index (χ0) is 12.4. The molecule has 0 spiro atoms. The van der Waals surface area contributed by atoms with E-state index in [4.69, 9.17) is 0 Å². The SMILES string of the molecule is CN(CCc1cn[nH]c1)c1ncnc2[nH]ccc12. The van der Waals surface area contributed by atoms with Gasteiger partial charge in [0.25, 0.3) is 0 Å². The van der Waals surface area contributed by atoms with Crippen LogP contribution in [0, 0.1) is 0 Å². The van der Waals surface area contributed by atoms with Gasteiger partial charge in [-0.3, -0.25) is 5.10 Å². The summed E-state index contributed by atoms with van der Waals surface area (Å²) in [6.07, 6.45) is 8.16. The van der Waals surface area contributed by atoms with E-state index in [-0.39, 0.29) is 0 Å². The second kappa shape index (κ2) is 4.48. The smallest absolute Gasteiger partial charge is 0.142 e. The number of anilines is 1. The first-order chi connectivity index (χ1) is 8.84. The maximum absolute atomic E-state index is 4.35. The van der Waals surface area contributed by atoms with Gasteiger partial charge in [0.2, 0.25) is 0 Å². The Morgan fingerprint density at radius 2 is 2.28 bits per heavy atom. The Labute approximate surface area is 104 Å². The molecule has 0 saturated heterocycles. The fraction of sp³-hybridized carbons (Fsp3) is 0.250. The Bertz CT molecular complexity index is 627. The van der Waals surface area contributed by atoms with Crippen molar-refractivity contribution in [1.82, 2.24) is 25.1 Å². The lowest BCUT2D eigenvalue weighted by atomic mass is 10.2. The summed E-state index contributed by atoms with van der Waals surface area (Å²) in [5.74, 6) is 0.949. The highest BCUT2D eigenvalue weighted by Gasteiger charge is 2.09. The van der Waals surface area contributed by atoms with Gasteiger partial charge in [0.1, 0.15) is 17.8 Å². The average molecular weight is 242 g/mol. The third-order valence-electron chi connectivity index (χ3n) is 2.99. The van der Waals surface area contributed by atoms with Gasteiger partial charge in [0.15, 0.2) is 0 Å². The van der Waals surface area contributed by atoms with E-state index in [0.717, 1.165) is 29.8 Å². The van der Waals surface area contributed by atoms with Crippen LogP contribution in [0.2, 0.25) is 0 Å². The van der Waals surface area contributed by atoms with E-state index in [1.807, 2.05) is 31.7 Å². The molecule has 92 valence electrons. The van der Waals surface area contributed by atoms with Gasteiger partial charge in [-0.25, -0.2) is 9.97 Å². The van der Waals surface area contributed by atoms with Crippen molar-refractivity contribution in [2.75, 3.05) is 18.5 Å². The van der Waals surface area contributed by atoms with Gasteiger partial charge in [0.05, 0.1) is 11.6 Å². The second-order valence-corrected chi connectivity index (χ2v) is 4.22. The first-order valence-corrected chi connectivity index (χ1v) is 5.81.